The van der Waals surface area contributed by atoms with Crippen molar-refractivity contribution in [2.45, 2.75) is 13.5 Å². The van der Waals surface area contributed by atoms with Gasteiger partial charge in [0, 0.05) is 6.07 Å². The van der Waals surface area contributed by atoms with Crippen LogP contribution in [0, 0.1) is 0 Å². The Morgan fingerprint density at radius 3 is 2.24 bits per heavy atom. The van der Waals surface area contributed by atoms with E-state index in [1.54, 1.807) is 0 Å². The SMILES string of the molecule is CCOc1cccc(NOc2ccc(OCc3ccccc3)cc2)c1. The van der Waals surface area contributed by atoms with Crippen LogP contribution in [0.1, 0.15) is 12.5 Å². The van der Waals surface area contributed by atoms with Gasteiger partial charge in [-0.15, -0.1) is 0 Å². The summed E-state index contributed by atoms with van der Waals surface area (Å²) in [5.41, 5.74) is 4.88. The van der Waals surface area contributed by atoms with Crippen molar-refractivity contribution < 1.29 is 14.3 Å². The van der Waals surface area contributed by atoms with Crippen LogP contribution in [0.5, 0.6) is 17.2 Å². The van der Waals surface area contributed by atoms with E-state index in [-0.39, 0.29) is 0 Å². The maximum atomic E-state index is 5.76. The summed E-state index contributed by atoms with van der Waals surface area (Å²) in [5, 5.41) is 0. The van der Waals surface area contributed by atoms with Crippen LogP contribution in [0.15, 0.2) is 78.9 Å². The molecule has 128 valence electrons. The molecule has 0 radical (unpaired) electrons. The molecule has 0 spiro atoms. The van der Waals surface area contributed by atoms with Crippen LogP contribution >= 0.6 is 0 Å². The molecule has 3 rings (SSSR count). The quantitative estimate of drug-likeness (QED) is 0.583. The topological polar surface area (TPSA) is 39.7 Å². The van der Waals surface area contributed by atoms with E-state index in [0.29, 0.717) is 19.0 Å². The Balaban J connectivity index is 1.51. The largest absolute Gasteiger partial charge is 0.494 e. The summed E-state index contributed by atoms with van der Waals surface area (Å²) in [6.45, 7) is 3.14. The van der Waals surface area contributed by atoms with Crippen molar-refractivity contribution in [2.24, 2.45) is 0 Å². The molecular weight excluding hydrogens is 314 g/mol. The van der Waals surface area contributed by atoms with E-state index >= 15 is 0 Å². The van der Waals surface area contributed by atoms with E-state index in [0.717, 1.165) is 22.7 Å². The van der Waals surface area contributed by atoms with Gasteiger partial charge in [0.2, 0.25) is 0 Å². The standard InChI is InChI=1S/C21H21NO3/c1-2-23-21-10-6-9-18(15-21)22-25-20-13-11-19(12-14-20)24-16-17-7-4-3-5-8-17/h3-15,22H,2,16H2,1H3. The van der Waals surface area contributed by atoms with Gasteiger partial charge >= 0.3 is 0 Å². The third kappa shape index (κ3) is 5.18. The number of benzene rings is 3. The highest BCUT2D eigenvalue weighted by atomic mass is 16.6. The molecule has 3 aromatic rings. The van der Waals surface area contributed by atoms with Crippen LogP contribution < -0.4 is 19.8 Å². The van der Waals surface area contributed by atoms with E-state index in [4.69, 9.17) is 14.3 Å². The lowest BCUT2D eigenvalue weighted by Gasteiger charge is -2.11. The third-order valence-electron chi connectivity index (χ3n) is 3.50. The van der Waals surface area contributed by atoms with Crippen LogP contribution in [0.25, 0.3) is 0 Å². The zero-order chi connectivity index (χ0) is 17.3. The Kier molecular flexibility index (Phi) is 5.77. The molecule has 4 heteroatoms. The highest BCUT2D eigenvalue weighted by molar-refractivity contribution is 5.47. The van der Waals surface area contributed by atoms with E-state index in [9.17, 15) is 0 Å². The Bertz CT molecular complexity index is 773. The predicted octanol–water partition coefficient (Wildman–Crippen LogP) is 5.07. The Labute approximate surface area is 147 Å². The Morgan fingerprint density at radius 1 is 0.720 bits per heavy atom. The molecule has 0 saturated heterocycles. The third-order valence-corrected chi connectivity index (χ3v) is 3.50. The van der Waals surface area contributed by atoms with Gasteiger partial charge in [0.1, 0.15) is 18.1 Å². The van der Waals surface area contributed by atoms with E-state index in [2.05, 4.69) is 5.48 Å². The highest BCUT2D eigenvalue weighted by Crippen LogP contribution is 2.21. The molecule has 0 aromatic heterocycles. The first-order valence-electron chi connectivity index (χ1n) is 8.26. The summed E-state index contributed by atoms with van der Waals surface area (Å²) >= 11 is 0. The molecule has 25 heavy (non-hydrogen) atoms. The fourth-order valence-corrected chi connectivity index (χ4v) is 2.28. The molecule has 1 N–H and O–H groups in total. The summed E-state index contributed by atoms with van der Waals surface area (Å²) in [6, 6.07) is 25.2. The molecule has 0 bridgehead atoms. The number of nitrogens with one attached hydrogen (secondary N) is 1. The van der Waals surface area contributed by atoms with Crippen LogP contribution in [0.2, 0.25) is 0 Å². The summed E-state index contributed by atoms with van der Waals surface area (Å²) in [6.07, 6.45) is 0. The molecule has 0 saturated carbocycles. The van der Waals surface area contributed by atoms with E-state index in [1.807, 2.05) is 85.8 Å². The zero-order valence-corrected chi connectivity index (χ0v) is 14.1. The zero-order valence-electron chi connectivity index (χ0n) is 14.1. The number of anilines is 1. The fourth-order valence-electron chi connectivity index (χ4n) is 2.28. The monoisotopic (exact) mass is 335 g/mol. The van der Waals surface area contributed by atoms with Gasteiger partial charge in [-0.05, 0) is 48.9 Å². The van der Waals surface area contributed by atoms with Crippen molar-refractivity contribution in [3.8, 4) is 17.2 Å². The van der Waals surface area contributed by atoms with Crippen LogP contribution in [-0.4, -0.2) is 6.61 Å². The van der Waals surface area contributed by atoms with Crippen molar-refractivity contribution in [3.05, 3.63) is 84.4 Å². The number of ether oxygens (including phenoxy) is 2. The average molecular weight is 335 g/mol. The van der Waals surface area contributed by atoms with Gasteiger partial charge < -0.3 is 14.3 Å². The minimum atomic E-state index is 0.545. The molecule has 0 amide bonds. The average Bonchev–Trinajstić information content (AvgIpc) is 2.67. The minimum absolute atomic E-state index is 0.545. The van der Waals surface area contributed by atoms with Crippen molar-refractivity contribution in [3.63, 3.8) is 0 Å². The van der Waals surface area contributed by atoms with Gasteiger partial charge in [-0.25, -0.2) is 5.48 Å². The van der Waals surface area contributed by atoms with Gasteiger partial charge in [-0.3, -0.25) is 0 Å². The summed E-state index contributed by atoms with van der Waals surface area (Å²) in [7, 11) is 0. The smallest absolute Gasteiger partial charge is 0.155 e. The van der Waals surface area contributed by atoms with Gasteiger partial charge in [-0.1, -0.05) is 36.4 Å². The second-order valence-electron chi connectivity index (χ2n) is 5.41. The molecule has 0 aliphatic carbocycles. The van der Waals surface area contributed by atoms with Gasteiger partial charge in [-0.2, -0.15) is 0 Å². The van der Waals surface area contributed by atoms with Gasteiger partial charge in [0.15, 0.2) is 5.75 Å². The summed E-state index contributed by atoms with van der Waals surface area (Å²) in [5.74, 6) is 2.31. The van der Waals surface area contributed by atoms with Crippen LogP contribution in [0.3, 0.4) is 0 Å². The molecule has 3 aromatic carbocycles. The fraction of sp³-hybridized carbons (Fsp3) is 0.143. The Hall–Kier alpha value is -3.14. The second kappa shape index (κ2) is 8.64. The number of hydrogen-bond acceptors (Lipinski definition) is 4. The first kappa shape index (κ1) is 16.7. The molecule has 0 atom stereocenters. The normalized spacial score (nSPS) is 10.1. The molecule has 0 unspecified atom stereocenters. The molecule has 0 aliphatic heterocycles. The number of rotatable bonds is 8. The first-order chi connectivity index (χ1) is 12.3. The van der Waals surface area contributed by atoms with Crippen molar-refractivity contribution in [1.29, 1.82) is 0 Å². The molecule has 0 aliphatic rings. The van der Waals surface area contributed by atoms with E-state index < -0.39 is 0 Å². The number of hydrogen-bond donors (Lipinski definition) is 1. The van der Waals surface area contributed by atoms with Gasteiger partial charge in [0.25, 0.3) is 0 Å². The van der Waals surface area contributed by atoms with E-state index in [1.165, 1.54) is 0 Å². The minimum Gasteiger partial charge on any atom is -0.494 e. The molecular formula is C21H21NO3. The highest BCUT2D eigenvalue weighted by Gasteiger charge is 2.00. The summed E-state index contributed by atoms with van der Waals surface area (Å²) in [4.78, 5) is 5.58. The van der Waals surface area contributed by atoms with Crippen LogP contribution in [-0.2, 0) is 6.61 Å². The molecule has 4 nitrogen and oxygen atoms in total. The lowest BCUT2D eigenvalue weighted by molar-refractivity contribution is 0.305. The lowest BCUT2D eigenvalue weighted by atomic mass is 10.2. The maximum absolute atomic E-state index is 5.76. The predicted molar refractivity (Wildman–Crippen MR) is 99.1 cm³/mol. The molecule has 0 heterocycles. The first-order valence-corrected chi connectivity index (χ1v) is 8.26. The van der Waals surface area contributed by atoms with Crippen molar-refractivity contribution >= 4 is 5.69 Å². The van der Waals surface area contributed by atoms with Crippen molar-refractivity contribution in [1.82, 2.24) is 0 Å². The maximum Gasteiger partial charge on any atom is 0.155 e. The van der Waals surface area contributed by atoms with Crippen molar-refractivity contribution in [2.75, 3.05) is 12.1 Å². The summed E-state index contributed by atoms with van der Waals surface area (Å²) < 4.78 is 11.2. The second-order valence-corrected chi connectivity index (χ2v) is 5.41. The van der Waals surface area contributed by atoms with Gasteiger partial charge in [0.05, 0.1) is 12.3 Å². The van der Waals surface area contributed by atoms with Crippen LogP contribution in [0.4, 0.5) is 5.69 Å². The lowest BCUT2D eigenvalue weighted by Crippen LogP contribution is -2.05. The Morgan fingerprint density at radius 2 is 1.48 bits per heavy atom. The molecule has 0 fully saturated rings.